The number of hydrogen-bond acceptors (Lipinski definition) is 5. The molecule has 2 unspecified atom stereocenters. The standard InChI is InChI=1S/C11H4O5/c12-9-4-1-5(14-9)8-7-3(4)2-6-11(7,16-6)10(13)15-8/h2,4H,1H2. The van der Waals surface area contributed by atoms with Crippen LogP contribution >= 0.6 is 0 Å². The number of carbonyl (C=O) groups excluding carboxylic acids is 2. The van der Waals surface area contributed by atoms with Crippen LogP contribution in [-0.4, -0.2) is 17.5 Å². The summed E-state index contributed by atoms with van der Waals surface area (Å²) in [5.41, 5.74) is 0.556. The molecule has 2 bridgehead atoms. The molecule has 2 aliphatic carbocycles. The summed E-state index contributed by atoms with van der Waals surface area (Å²) < 4.78 is 15.6. The van der Waals surface area contributed by atoms with Crippen LogP contribution in [0.3, 0.4) is 0 Å². The summed E-state index contributed by atoms with van der Waals surface area (Å²) in [7, 11) is 0. The van der Waals surface area contributed by atoms with Gasteiger partial charge in [0.25, 0.3) is 5.60 Å². The van der Waals surface area contributed by atoms with Crippen LogP contribution in [-0.2, 0) is 23.8 Å². The average Bonchev–Trinajstić information content (AvgIpc) is 2.59. The third-order valence-electron chi connectivity index (χ3n) is 3.73. The quantitative estimate of drug-likeness (QED) is 0.430. The molecule has 5 aliphatic rings. The monoisotopic (exact) mass is 216 g/mol. The van der Waals surface area contributed by atoms with Crippen LogP contribution in [0.25, 0.3) is 0 Å². The third-order valence-corrected chi connectivity index (χ3v) is 3.73. The van der Waals surface area contributed by atoms with Crippen molar-refractivity contribution < 1.29 is 23.8 Å². The normalized spacial score (nSPS) is 40.2. The minimum atomic E-state index is -0.997. The Labute approximate surface area is 89.0 Å². The van der Waals surface area contributed by atoms with Gasteiger partial charge in [-0.3, -0.25) is 4.79 Å². The topological polar surface area (TPSA) is 65.1 Å². The van der Waals surface area contributed by atoms with E-state index in [1.54, 1.807) is 6.08 Å². The number of esters is 2. The van der Waals surface area contributed by atoms with Crippen LogP contribution < -0.4 is 0 Å². The summed E-state index contributed by atoms with van der Waals surface area (Å²) in [6.45, 7) is 0. The second-order valence-corrected chi connectivity index (χ2v) is 4.44. The molecule has 5 nitrogen and oxygen atoms in total. The summed E-state index contributed by atoms with van der Waals surface area (Å²) in [5.74, 6) is 0.552. The predicted octanol–water partition coefficient (Wildman–Crippen LogP) is 0.295. The van der Waals surface area contributed by atoms with Crippen LogP contribution in [0.5, 0.6) is 0 Å². The van der Waals surface area contributed by atoms with Gasteiger partial charge in [-0.15, -0.1) is 0 Å². The molecule has 3 fully saturated rings. The molecule has 3 saturated heterocycles. The van der Waals surface area contributed by atoms with Crippen LogP contribution in [0.2, 0.25) is 0 Å². The number of epoxide rings is 1. The van der Waals surface area contributed by atoms with E-state index < -0.39 is 11.6 Å². The smallest absolute Gasteiger partial charge is 0.369 e. The Balaban J connectivity index is 1.91. The molecule has 0 saturated carbocycles. The summed E-state index contributed by atoms with van der Waals surface area (Å²) in [6, 6.07) is 0. The van der Waals surface area contributed by atoms with Gasteiger partial charge in [-0.05, 0) is 11.6 Å². The van der Waals surface area contributed by atoms with E-state index in [1.807, 2.05) is 0 Å². The van der Waals surface area contributed by atoms with E-state index in [2.05, 4.69) is 0 Å². The van der Waals surface area contributed by atoms with E-state index in [0.717, 1.165) is 5.57 Å². The van der Waals surface area contributed by atoms with Crippen LogP contribution in [0.4, 0.5) is 0 Å². The van der Waals surface area contributed by atoms with Gasteiger partial charge in [0.15, 0.2) is 17.3 Å². The van der Waals surface area contributed by atoms with Crippen LogP contribution in [0.15, 0.2) is 34.5 Å². The molecule has 0 aromatic rings. The lowest BCUT2D eigenvalue weighted by Crippen LogP contribution is -2.20. The lowest BCUT2D eigenvalue weighted by molar-refractivity contribution is -0.142. The number of fused-ring (bicyclic) bond motifs is 3. The Morgan fingerprint density at radius 2 is 2.19 bits per heavy atom. The van der Waals surface area contributed by atoms with Crippen molar-refractivity contribution in [1.29, 1.82) is 0 Å². The van der Waals surface area contributed by atoms with E-state index in [0.29, 0.717) is 29.3 Å². The van der Waals surface area contributed by atoms with Gasteiger partial charge in [-0.1, -0.05) is 0 Å². The van der Waals surface area contributed by atoms with Gasteiger partial charge in [0.2, 0.25) is 0 Å². The van der Waals surface area contributed by atoms with Crippen molar-refractivity contribution in [3.8, 4) is 0 Å². The van der Waals surface area contributed by atoms with Crippen molar-refractivity contribution in [3.63, 3.8) is 0 Å². The van der Waals surface area contributed by atoms with Crippen LogP contribution in [0.1, 0.15) is 6.42 Å². The molecule has 0 amide bonds. The Hall–Kier alpha value is -2.04. The fourth-order valence-electron chi connectivity index (χ4n) is 2.96. The molecule has 5 rings (SSSR count). The molecule has 0 N–H and O–H groups in total. The first-order chi connectivity index (χ1) is 7.72. The SMILES string of the molecule is O=C1OC2=C3OC(=O)C45OC4=CC(=C35)C1C2. The third kappa shape index (κ3) is 0.476. The van der Waals surface area contributed by atoms with E-state index in [1.165, 1.54) is 0 Å². The second kappa shape index (κ2) is 1.71. The number of hydrogen-bond donors (Lipinski definition) is 0. The Morgan fingerprint density at radius 1 is 1.31 bits per heavy atom. The van der Waals surface area contributed by atoms with Gasteiger partial charge in [0.1, 0.15) is 0 Å². The fourth-order valence-corrected chi connectivity index (χ4v) is 2.96. The molecular formula is C11H4O5. The van der Waals surface area contributed by atoms with Gasteiger partial charge >= 0.3 is 11.9 Å². The molecule has 1 spiro atoms. The highest BCUT2D eigenvalue weighted by atomic mass is 16.7. The van der Waals surface area contributed by atoms with E-state index in [-0.39, 0.29) is 11.9 Å². The van der Waals surface area contributed by atoms with E-state index in [9.17, 15) is 9.59 Å². The van der Waals surface area contributed by atoms with Gasteiger partial charge in [0, 0.05) is 6.42 Å². The summed E-state index contributed by atoms with van der Waals surface area (Å²) in [4.78, 5) is 23.3. The zero-order valence-electron chi connectivity index (χ0n) is 7.90. The molecule has 2 atom stereocenters. The molecule has 3 heterocycles. The average molecular weight is 216 g/mol. The zero-order chi connectivity index (χ0) is 10.7. The van der Waals surface area contributed by atoms with Gasteiger partial charge in [0.05, 0.1) is 11.5 Å². The number of allylic oxidation sites excluding steroid dienone is 2. The maximum Gasteiger partial charge on any atom is 0.369 e. The molecule has 0 aromatic carbocycles. The minimum absolute atomic E-state index is 0.260. The zero-order valence-corrected chi connectivity index (χ0v) is 7.90. The highest BCUT2D eigenvalue weighted by molar-refractivity contribution is 6.02. The first kappa shape index (κ1) is 7.27. The van der Waals surface area contributed by atoms with Crippen molar-refractivity contribution in [2.75, 3.05) is 0 Å². The van der Waals surface area contributed by atoms with Crippen molar-refractivity contribution in [2.45, 2.75) is 12.0 Å². The molecule has 78 valence electrons. The van der Waals surface area contributed by atoms with E-state index >= 15 is 0 Å². The Kier molecular flexibility index (Phi) is 0.775. The summed E-state index contributed by atoms with van der Waals surface area (Å²) in [5, 5.41) is 0. The van der Waals surface area contributed by atoms with Gasteiger partial charge in [-0.25, -0.2) is 4.79 Å². The molecule has 16 heavy (non-hydrogen) atoms. The molecule has 3 aliphatic heterocycles. The number of ether oxygens (including phenoxy) is 3. The van der Waals surface area contributed by atoms with Gasteiger partial charge < -0.3 is 14.2 Å². The highest BCUT2D eigenvalue weighted by Crippen LogP contribution is 2.64. The molecule has 0 aromatic heterocycles. The maximum absolute atomic E-state index is 11.7. The number of rotatable bonds is 0. The first-order valence-electron chi connectivity index (χ1n) is 5.05. The van der Waals surface area contributed by atoms with Crippen molar-refractivity contribution in [1.82, 2.24) is 0 Å². The molecular weight excluding hydrogens is 212 g/mol. The predicted molar refractivity (Wildman–Crippen MR) is 46.2 cm³/mol. The highest BCUT2D eigenvalue weighted by Gasteiger charge is 2.75. The van der Waals surface area contributed by atoms with Gasteiger partial charge in [-0.2, -0.15) is 0 Å². The summed E-state index contributed by atoms with van der Waals surface area (Å²) >= 11 is 0. The van der Waals surface area contributed by atoms with Crippen molar-refractivity contribution in [3.05, 3.63) is 34.5 Å². The Bertz CT molecular complexity index is 620. The van der Waals surface area contributed by atoms with Crippen LogP contribution in [0, 0.1) is 5.92 Å². The maximum atomic E-state index is 11.7. The first-order valence-corrected chi connectivity index (χ1v) is 5.05. The fraction of sp³-hybridized carbons (Fsp3) is 0.273. The lowest BCUT2D eigenvalue weighted by Gasteiger charge is -2.12. The molecule has 0 radical (unpaired) electrons. The largest absolute Gasteiger partial charge is 0.461 e. The summed E-state index contributed by atoms with van der Waals surface area (Å²) in [6.07, 6.45) is 2.28. The van der Waals surface area contributed by atoms with E-state index in [4.69, 9.17) is 14.2 Å². The second-order valence-electron chi connectivity index (χ2n) is 4.44. The van der Waals surface area contributed by atoms with Crippen molar-refractivity contribution >= 4 is 11.9 Å². The Morgan fingerprint density at radius 3 is 3.06 bits per heavy atom. The van der Waals surface area contributed by atoms with Crippen molar-refractivity contribution in [2.24, 2.45) is 5.92 Å². The number of carbonyl (C=O) groups is 2. The molecule has 5 heteroatoms. The minimum Gasteiger partial charge on any atom is -0.461 e. The lowest BCUT2D eigenvalue weighted by atomic mass is 9.86.